The minimum atomic E-state index is 0.682. The van der Waals surface area contributed by atoms with E-state index in [1.165, 1.54) is 76.8 Å². The average molecular weight is 1800 g/mol. The molecule has 660 valence electrons. The van der Waals surface area contributed by atoms with E-state index in [1.807, 2.05) is 146 Å². The van der Waals surface area contributed by atoms with Gasteiger partial charge in [0.05, 0.1) is 80.2 Å². The van der Waals surface area contributed by atoms with Crippen LogP contribution < -0.4 is 14.7 Å². The molecule has 0 unspecified atom stereocenters. The van der Waals surface area contributed by atoms with Crippen LogP contribution in [-0.2, 0) is 0 Å². The van der Waals surface area contributed by atoms with Gasteiger partial charge in [0.1, 0.15) is 0 Å². The third-order valence-electron chi connectivity index (χ3n) is 26.5. The van der Waals surface area contributed by atoms with Crippen molar-refractivity contribution in [3.63, 3.8) is 0 Å². The summed E-state index contributed by atoms with van der Waals surface area (Å²) in [6.07, 6.45) is 9.61. The molecule has 6 aromatic heterocycles. The highest BCUT2D eigenvalue weighted by Gasteiger charge is 2.33. The van der Waals surface area contributed by atoms with Gasteiger partial charge in [-0.2, -0.15) is 0 Å². The molecule has 0 N–H and O–H groups in total. The Morgan fingerprint density at radius 3 is 0.801 bits per heavy atom. The monoisotopic (exact) mass is 1800 g/mol. The van der Waals surface area contributed by atoms with Crippen molar-refractivity contribution in [2.45, 2.75) is 0 Å². The number of fused-ring (bicyclic) bond motifs is 6. The third kappa shape index (κ3) is 16.1. The minimum Gasteiger partial charge on any atom is -0.309 e. The summed E-state index contributed by atoms with van der Waals surface area (Å²) in [6, 6.07) is 167. The smallest absolute Gasteiger partial charge is 0.160 e. The van der Waals surface area contributed by atoms with Crippen molar-refractivity contribution < 1.29 is 0 Å². The van der Waals surface area contributed by atoms with E-state index in [0.29, 0.717) is 17.5 Å². The highest BCUT2D eigenvalue weighted by Crippen LogP contribution is 2.56. The summed E-state index contributed by atoms with van der Waals surface area (Å²) in [5.41, 5.74) is 38.1. The fourth-order valence-corrected chi connectivity index (χ4v) is 20.0. The normalized spacial score (nSPS) is 11.8. The summed E-state index contributed by atoms with van der Waals surface area (Å²) in [6.45, 7) is 0. The van der Waals surface area contributed by atoms with E-state index in [-0.39, 0.29) is 0 Å². The molecular weight excluding hydrogens is 1720 g/mol. The molecule has 3 aliphatic heterocycles. The van der Waals surface area contributed by atoms with Gasteiger partial charge in [0.15, 0.2) is 17.5 Å². The van der Waals surface area contributed by atoms with E-state index in [9.17, 15) is 0 Å². The van der Waals surface area contributed by atoms with Crippen LogP contribution in [0.4, 0.5) is 51.2 Å². The van der Waals surface area contributed by atoms with Crippen LogP contribution in [0.5, 0.6) is 0 Å². The summed E-state index contributed by atoms with van der Waals surface area (Å²) in [5, 5.41) is 7.21. The van der Waals surface area contributed by atoms with E-state index in [4.69, 9.17) is 34.9 Å². The number of rotatable bonds is 15. The molecule has 0 radical (unpaired) electrons. The van der Waals surface area contributed by atoms with Crippen LogP contribution in [0.3, 0.4) is 0 Å². The van der Waals surface area contributed by atoms with Gasteiger partial charge in [0.25, 0.3) is 0 Å². The SMILES string of the molecule is c1ccc(-c2cc3c4c(cccc4c2)N(c2cccc(-c4nc(-c5ccccc5)cc(-c5ccccc5)n4)c2)c2cccnc2-3)cc1.c1ccc(-c2cc3c4c(cccc4c2)N(c2cccc(-c4nc(-c5ccccc5)cc(-c5ccccc5)n4)c2)c2ccncc2-3)cc1.c1ccc(-c2cc3c4c(cccc4c2)N(c2cccc(-c4nc(-c5ccccc5)cc(-c5ccccc5)n4)c2)c2cnccc2-3)cc1. The molecule has 3 aliphatic rings. The van der Waals surface area contributed by atoms with E-state index in [1.54, 1.807) is 0 Å². The topological polar surface area (TPSA) is 126 Å². The fraction of sp³-hybridized carbons (Fsp3) is 0. The molecule has 0 atom stereocenters. The second kappa shape index (κ2) is 36.6. The summed E-state index contributed by atoms with van der Waals surface area (Å²) < 4.78 is 0. The minimum absolute atomic E-state index is 0.682. The van der Waals surface area contributed by atoms with Gasteiger partial charge in [-0.25, -0.2) is 29.9 Å². The second-order valence-corrected chi connectivity index (χ2v) is 35.2. The number of hydrogen-bond acceptors (Lipinski definition) is 12. The molecule has 9 heterocycles. The fourth-order valence-electron chi connectivity index (χ4n) is 20.0. The molecule has 18 aromatic carbocycles. The lowest BCUT2D eigenvalue weighted by Crippen LogP contribution is -2.16. The van der Waals surface area contributed by atoms with Gasteiger partial charge in [-0.1, -0.05) is 346 Å². The zero-order chi connectivity index (χ0) is 93.5. The van der Waals surface area contributed by atoms with Crippen LogP contribution >= 0.6 is 0 Å². The molecule has 0 aliphatic carbocycles. The Hall–Kier alpha value is -19.2. The molecule has 0 fully saturated rings. The molecule has 0 bridgehead atoms. The van der Waals surface area contributed by atoms with Crippen LogP contribution in [0, 0.1) is 0 Å². The molecule has 0 saturated heterocycles. The number of aromatic nitrogens is 9. The van der Waals surface area contributed by atoms with E-state index in [0.717, 1.165) is 158 Å². The summed E-state index contributed by atoms with van der Waals surface area (Å²) >= 11 is 0. The maximum Gasteiger partial charge on any atom is 0.160 e. The largest absolute Gasteiger partial charge is 0.309 e. The van der Waals surface area contributed by atoms with Gasteiger partial charge >= 0.3 is 0 Å². The van der Waals surface area contributed by atoms with Gasteiger partial charge in [-0.15, -0.1) is 0 Å². The number of anilines is 9. The predicted octanol–water partition coefficient (Wildman–Crippen LogP) is 33.4. The Bertz CT molecular complexity index is 7860. The Balaban J connectivity index is 0.000000111. The first kappa shape index (κ1) is 83.6. The Labute approximate surface area is 816 Å². The summed E-state index contributed by atoms with van der Waals surface area (Å²) in [7, 11) is 0. The van der Waals surface area contributed by atoms with E-state index in [2.05, 4.69) is 389 Å². The van der Waals surface area contributed by atoms with Gasteiger partial charge in [-0.05, 0) is 194 Å². The molecule has 12 nitrogen and oxygen atoms in total. The average Bonchev–Trinajstić information content (AvgIpc) is 0.729. The van der Waals surface area contributed by atoms with Crippen LogP contribution in [0.15, 0.2) is 510 Å². The van der Waals surface area contributed by atoms with Crippen molar-refractivity contribution in [1.82, 2.24) is 44.9 Å². The highest BCUT2D eigenvalue weighted by atomic mass is 15.2. The van der Waals surface area contributed by atoms with Crippen molar-refractivity contribution in [1.29, 1.82) is 0 Å². The standard InChI is InChI=1S/3C43H28N4/c1-4-13-29(14-5-1)34-25-32-19-11-22-39-41(32)36(27-34)42-40(23-12-24-44-42)47(39)35-21-10-20-33(26-35)43-45-37(30-15-6-2-7-16-30)28-38(46-43)31-17-8-3-9-18-31;1-4-12-29(13-5-1)34-24-32-18-11-21-41-42(32)36(26-34)37-28-44-23-22-40(37)47(41)35-20-10-19-33(25-35)43-45-38(30-14-6-2-7-15-30)27-39(46-43)31-16-8-3-9-17-31;1-4-12-29(13-5-1)34-24-32-18-11-21-40-42(32)37(26-34)36-22-23-44-28-41(36)47(40)35-20-10-19-33(25-35)43-45-38(30-14-6-2-7-15-30)27-39(46-43)31-16-8-3-9-17-31/h3*1-28H. The first-order valence-corrected chi connectivity index (χ1v) is 47.3. The van der Waals surface area contributed by atoms with Gasteiger partial charge in [0.2, 0.25) is 0 Å². The zero-order valence-electron chi connectivity index (χ0n) is 76.4. The lowest BCUT2D eigenvalue weighted by molar-refractivity contribution is 1.18. The van der Waals surface area contributed by atoms with Crippen molar-refractivity contribution in [3.8, 4) is 169 Å². The van der Waals surface area contributed by atoms with Crippen molar-refractivity contribution in [2.24, 2.45) is 0 Å². The molecule has 27 rings (SSSR count). The Morgan fingerprint density at radius 1 is 0.156 bits per heavy atom. The first-order chi connectivity index (χ1) is 69.9. The van der Waals surface area contributed by atoms with Crippen molar-refractivity contribution in [3.05, 3.63) is 510 Å². The van der Waals surface area contributed by atoms with Gasteiger partial charge < -0.3 is 14.7 Å². The van der Waals surface area contributed by atoms with Crippen LogP contribution in [0.2, 0.25) is 0 Å². The molecular formula is C129H84N12. The molecule has 24 aromatic rings. The molecule has 0 amide bonds. The maximum absolute atomic E-state index is 5.10. The van der Waals surface area contributed by atoms with Gasteiger partial charge in [-0.3, -0.25) is 15.0 Å². The lowest BCUT2D eigenvalue weighted by Gasteiger charge is -2.33. The maximum atomic E-state index is 5.10. The highest BCUT2D eigenvalue weighted by molar-refractivity contribution is 6.18. The third-order valence-corrected chi connectivity index (χ3v) is 26.5. The Kier molecular flexibility index (Phi) is 21.7. The molecule has 12 heteroatoms. The Morgan fingerprint density at radius 2 is 0.440 bits per heavy atom. The summed E-state index contributed by atoms with van der Waals surface area (Å²) in [4.78, 5) is 51.7. The number of hydrogen-bond donors (Lipinski definition) is 0. The molecule has 0 spiro atoms. The molecule has 141 heavy (non-hydrogen) atoms. The first-order valence-electron chi connectivity index (χ1n) is 47.3. The molecule has 0 saturated carbocycles. The van der Waals surface area contributed by atoms with E-state index < -0.39 is 0 Å². The number of pyridine rings is 3. The lowest BCUT2D eigenvalue weighted by atomic mass is 9.88. The number of benzene rings is 18. The number of nitrogens with zero attached hydrogens (tertiary/aromatic N) is 12. The van der Waals surface area contributed by atoms with Gasteiger partial charge in [0, 0.05) is 125 Å². The van der Waals surface area contributed by atoms with Crippen molar-refractivity contribution >= 4 is 83.5 Å². The zero-order valence-corrected chi connectivity index (χ0v) is 76.4. The van der Waals surface area contributed by atoms with Crippen LogP contribution in [-0.4, -0.2) is 44.9 Å². The summed E-state index contributed by atoms with van der Waals surface area (Å²) in [5.74, 6) is 2.05. The van der Waals surface area contributed by atoms with Crippen molar-refractivity contribution in [2.75, 3.05) is 14.7 Å². The van der Waals surface area contributed by atoms with E-state index >= 15 is 0 Å². The van der Waals surface area contributed by atoms with Crippen LogP contribution in [0.25, 0.3) is 201 Å². The van der Waals surface area contributed by atoms with Crippen LogP contribution in [0.1, 0.15) is 0 Å². The second-order valence-electron chi connectivity index (χ2n) is 35.2. The predicted molar refractivity (Wildman–Crippen MR) is 578 cm³/mol. The quantitative estimate of drug-likeness (QED) is 0.0970.